The normalized spacial score (nSPS) is 12.4. The van der Waals surface area contributed by atoms with E-state index in [1.165, 1.54) is 4.90 Å². The van der Waals surface area contributed by atoms with E-state index in [0.29, 0.717) is 0 Å². The highest BCUT2D eigenvalue weighted by molar-refractivity contribution is 7.99. The van der Waals surface area contributed by atoms with Crippen molar-refractivity contribution in [3.63, 3.8) is 0 Å². The second-order valence-corrected chi connectivity index (χ2v) is 4.56. The summed E-state index contributed by atoms with van der Waals surface area (Å²) in [5.41, 5.74) is 0.853. The molecule has 1 aromatic carbocycles. The van der Waals surface area contributed by atoms with Crippen LogP contribution in [-0.2, 0) is 4.89 Å². The zero-order chi connectivity index (χ0) is 11.1. The Morgan fingerprint density at radius 3 is 2.67 bits per heavy atom. The van der Waals surface area contributed by atoms with Crippen molar-refractivity contribution in [2.24, 2.45) is 0 Å². The predicted octanol–water partition coefficient (Wildman–Crippen LogP) is 3.60. The van der Waals surface area contributed by atoms with Crippen LogP contribution in [0.5, 0.6) is 0 Å². The molecule has 15 heavy (non-hydrogen) atoms. The van der Waals surface area contributed by atoms with E-state index >= 15 is 0 Å². The van der Waals surface area contributed by atoms with Gasteiger partial charge in [-0.1, -0.05) is 24.8 Å². The molecule has 1 aromatic rings. The van der Waals surface area contributed by atoms with Crippen LogP contribution in [0.15, 0.2) is 47.4 Å². The second kappa shape index (κ2) is 6.67. The van der Waals surface area contributed by atoms with Gasteiger partial charge in [0.15, 0.2) is 0 Å². The Morgan fingerprint density at radius 1 is 1.47 bits per heavy atom. The van der Waals surface area contributed by atoms with Crippen LogP contribution in [0.3, 0.4) is 0 Å². The summed E-state index contributed by atoms with van der Waals surface area (Å²) in [6, 6.07) is 10.2. The van der Waals surface area contributed by atoms with E-state index in [1.54, 1.807) is 11.8 Å². The van der Waals surface area contributed by atoms with Gasteiger partial charge in [-0.15, -0.1) is 11.8 Å². The second-order valence-electron chi connectivity index (χ2n) is 3.39. The number of rotatable bonds is 6. The Kier molecular flexibility index (Phi) is 5.47. The van der Waals surface area contributed by atoms with Gasteiger partial charge in [0.05, 0.1) is 0 Å². The molecule has 0 fully saturated rings. The zero-order valence-electron chi connectivity index (χ0n) is 8.85. The average molecular weight is 224 g/mol. The lowest BCUT2D eigenvalue weighted by molar-refractivity contribution is -0.268. The molecule has 1 N–H and O–H groups in total. The standard InChI is InChI=1S/C12H16O2S/c1-10(2)12(14-13)8-9-15-11-6-4-3-5-7-11/h3-7,12-13H,1,8-9H2,2H3. The summed E-state index contributed by atoms with van der Waals surface area (Å²) in [6.07, 6.45) is 0.520. The molecule has 0 saturated carbocycles. The molecule has 0 radical (unpaired) electrons. The van der Waals surface area contributed by atoms with Crippen LogP contribution in [0.25, 0.3) is 0 Å². The topological polar surface area (TPSA) is 29.5 Å². The molecule has 0 bridgehead atoms. The molecule has 0 saturated heterocycles. The molecule has 0 amide bonds. The molecule has 0 aliphatic rings. The van der Waals surface area contributed by atoms with Crippen molar-refractivity contribution in [2.75, 3.05) is 5.75 Å². The molecule has 1 rings (SSSR count). The molecule has 1 atom stereocenters. The smallest absolute Gasteiger partial charge is 0.114 e. The molecule has 0 spiro atoms. The predicted molar refractivity (Wildman–Crippen MR) is 64.1 cm³/mol. The SMILES string of the molecule is C=C(C)C(CCSc1ccccc1)OO. The van der Waals surface area contributed by atoms with Crippen LogP contribution in [0.2, 0.25) is 0 Å². The Balaban J connectivity index is 2.30. The number of thioether (sulfide) groups is 1. The van der Waals surface area contributed by atoms with Gasteiger partial charge < -0.3 is 0 Å². The van der Waals surface area contributed by atoms with Crippen molar-refractivity contribution in [1.29, 1.82) is 0 Å². The summed E-state index contributed by atoms with van der Waals surface area (Å²) in [5, 5.41) is 8.62. The van der Waals surface area contributed by atoms with Gasteiger partial charge >= 0.3 is 0 Å². The first kappa shape index (κ1) is 12.3. The summed E-state index contributed by atoms with van der Waals surface area (Å²) in [5.74, 6) is 0.905. The van der Waals surface area contributed by atoms with E-state index in [9.17, 15) is 0 Å². The summed E-state index contributed by atoms with van der Waals surface area (Å²) < 4.78 is 0. The van der Waals surface area contributed by atoms with Crippen LogP contribution in [-0.4, -0.2) is 17.1 Å². The summed E-state index contributed by atoms with van der Waals surface area (Å²) >= 11 is 1.75. The first-order chi connectivity index (χ1) is 7.24. The van der Waals surface area contributed by atoms with E-state index in [0.717, 1.165) is 17.7 Å². The lowest BCUT2D eigenvalue weighted by atomic mass is 10.1. The molecule has 82 valence electrons. The van der Waals surface area contributed by atoms with Crippen molar-refractivity contribution >= 4 is 11.8 Å². The van der Waals surface area contributed by atoms with Crippen LogP contribution in [0, 0.1) is 0 Å². The van der Waals surface area contributed by atoms with Crippen molar-refractivity contribution in [2.45, 2.75) is 24.3 Å². The highest BCUT2D eigenvalue weighted by Crippen LogP contribution is 2.20. The summed E-state index contributed by atoms with van der Waals surface area (Å²) in [7, 11) is 0. The molecule has 1 unspecified atom stereocenters. The van der Waals surface area contributed by atoms with Gasteiger partial charge in [-0.3, -0.25) is 5.26 Å². The quantitative estimate of drug-likeness (QED) is 0.346. The van der Waals surface area contributed by atoms with Gasteiger partial charge in [-0.05, 0) is 31.1 Å². The number of hydrogen-bond acceptors (Lipinski definition) is 3. The summed E-state index contributed by atoms with van der Waals surface area (Å²) in [4.78, 5) is 5.57. The van der Waals surface area contributed by atoms with Crippen LogP contribution in [0.4, 0.5) is 0 Å². The average Bonchev–Trinajstić information content (AvgIpc) is 2.25. The van der Waals surface area contributed by atoms with Crippen molar-refractivity contribution in [3.05, 3.63) is 42.5 Å². The molecule has 0 aromatic heterocycles. The maximum absolute atomic E-state index is 8.62. The lowest BCUT2D eigenvalue weighted by Gasteiger charge is -2.12. The van der Waals surface area contributed by atoms with Gasteiger partial charge in [0.2, 0.25) is 0 Å². The van der Waals surface area contributed by atoms with Gasteiger partial charge in [0.25, 0.3) is 0 Å². The van der Waals surface area contributed by atoms with Crippen molar-refractivity contribution < 1.29 is 10.1 Å². The molecule has 0 heterocycles. The van der Waals surface area contributed by atoms with Crippen LogP contribution in [0.1, 0.15) is 13.3 Å². The minimum atomic E-state index is -0.249. The largest absolute Gasteiger partial charge is 0.251 e. The van der Waals surface area contributed by atoms with Crippen molar-refractivity contribution in [1.82, 2.24) is 0 Å². The Hall–Kier alpha value is -0.770. The third-order valence-corrected chi connectivity index (χ3v) is 3.11. The molecular formula is C12H16O2S. The molecule has 3 heteroatoms. The van der Waals surface area contributed by atoms with Gasteiger partial charge in [-0.2, -0.15) is 0 Å². The maximum atomic E-state index is 8.62. The van der Waals surface area contributed by atoms with Crippen molar-refractivity contribution in [3.8, 4) is 0 Å². The number of benzene rings is 1. The summed E-state index contributed by atoms with van der Waals surface area (Å²) in [6.45, 7) is 5.61. The maximum Gasteiger partial charge on any atom is 0.114 e. The first-order valence-electron chi connectivity index (χ1n) is 4.87. The van der Waals surface area contributed by atoms with E-state index < -0.39 is 0 Å². The van der Waals surface area contributed by atoms with E-state index in [2.05, 4.69) is 23.6 Å². The van der Waals surface area contributed by atoms with Gasteiger partial charge in [-0.25, -0.2) is 4.89 Å². The van der Waals surface area contributed by atoms with E-state index in [-0.39, 0.29) is 6.10 Å². The van der Waals surface area contributed by atoms with E-state index in [1.807, 2.05) is 25.1 Å². The Labute approximate surface area is 94.9 Å². The molecular weight excluding hydrogens is 208 g/mol. The first-order valence-corrected chi connectivity index (χ1v) is 5.86. The molecule has 0 aliphatic heterocycles. The number of hydrogen-bond donors (Lipinski definition) is 1. The highest BCUT2D eigenvalue weighted by Gasteiger charge is 2.09. The third-order valence-electron chi connectivity index (χ3n) is 2.07. The minimum absolute atomic E-state index is 0.249. The molecule has 0 aliphatic carbocycles. The van der Waals surface area contributed by atoms with Crippen LogP contribution >= 0.6 is 11.8 Å². The lowest BCUT2D eigenvalue weighted by Crippen LogP contribution is -2.12. The Morgan fingerprint density at radius 2 is 2.13 bits per heavy atom. The van der Waals surface area contributed by atoms with Gasteiger partial charge in [0, 0.05) is 10.6 Å². The fourth-order valence-corrected chi connectivity index (χ4v) is 2.11. The minimum Gasteiger partial charge on any atom is -0.251 e. The zero-order valence-corrected chi connectivity index (χ0v) is 9.67. The Bertz CT molecular complexity index is 298. The third kappa shape index (κ3) is 4.51. The van der Waals surface area contributed by atoms with Gasteiger partial charge in [0.1, 0.15) is 6.10 Å². The fourth-order valence-electron chi connectivity index (χ4n) is 1.19. The molecule has 2 nitrogen and oxygen atoms in total. The van der Waals surface area contributed by atoms with Crippen LogP contribution < -0.4 is 0 Å². The monoisotopic (exact) mass is 224 g/mol. The fraction of sp³-hybridized carbons (Fsp3) is 0.333. The van der Waals surface area contributed by atoms with E-state index in [4.69, 9.17) is 5.26 Å². The highest BCUT2D eigenvalue weighted by atomic mass is 32.2.